The van der Waals surface area contributed by atoms with Gasteiger partial charge in [-0.1, -0.05) is 0 Å². The Balaban J connectivity index is 1.46. The van der Waals surface area contributed by atoms with Gasteiger partial charge in [-0.2, -0.15) is 5.10 Å². The molecule has 1 amide bonds. The molecule has 1 N–H and O–H groups in total. The fourth-order valence-corrected chi connectivity index (χ4v) is 2.79. The smallest absolute Gasteiger partial charge is 0.267 e. The van der Waals surface area contributed by atoms with Crippen LogP contribution in [0.25, 0.3) is 16.9 Å². The molecule has 30 heavy (non-hydrogen) atoms. The maximum absolute atomic E-state index is 12.4. The lowest BCUT2D eigenvalue weighted by atomic mass is 10.1. The van der Waals surface area contributed by atoms with Crippen LogP contribution >= 0.6 is 0 Å². The molecule has 0 saturated heterocycles. The molecule has 10 nitrogen and oxygen atoms in total. The molecule has 0 aliphatic rings. The summed E-state index contributed by atoms with van der Waals surface area (Å²) in [5.74, 6) is 0.351. The van der Waals surface area contributed by atoms with E-state index in [9.17, 15) is 9.59 Å². The Labute approximate surface area is 170 Å². The number of rotatable bonds is 6. The normalized spacial score (nSPS) is 10.6. The van der Waals surface area contributed by atoms with E-state index in [1.807, 2.05) is 12.1 Å². The minimum absolute atomic E-state index is 0.211. The molecule has 0 aliphatic carbocycles. The molecule has 4 rings (SSSR count). The molecule has 10 heteroatoms. The van der Waals surface area contributed by atoms with E-state index in [0.717, 1.165) is 21.7 Å². The zero-order valence-corrected chi connectivity index (χ0v) is 16.0. The van der Waals surface area contributed by atoms with Crippen molar-refractivity contribution in [1.29, 1.82) is 0 Å². The molecule has 2 aromatic heterocycles. The molecular weight excluding hydrogens is 386 g/mol. The second-order valence-electron chi connectivity index (χ2n) is 6.29. The van der Waals surface area contributed by atoms with Crippen molar-refractivity contribution in [1.82, 2.24) is 30.0 Å². The van der Waals surface area contributed by atoms with Crippen molar-refractivity contribution in [3.8, 4) is 22.7 Å². The van der Waals surface area contributed by atoms with Gasteiger partial charge in [0.15, 0.2) is 0 Å². The van der Waals surface area contributed by atoms with Crippen molar-refractivity contribution in [3.05, 3.63) is 77.3 Å². The molecule has 0 radical (unpaired) electrons. The van der Waals surface area contributed by atoms with Gasteiger partial charge in [-0.15, -0.1) is 5.10 Å². The minimum atomic E-state index is -0.369. The third kappa shape index (κ3) is 4.22. The predicted octanol–water partition coefficient (Wildman–Crippen LogP) is 1.53. The zero-order chi connectivity index (χ0) is 20.9. The molecule has 2 heterocycles. The van der Waals surface area contributed by atoms with Gasteiger partial charge in [-0.05, 0) is 65.0 Å². The van der Waals surface area contributed by atoms with Gasteiger partial charge in [-0.25, -0.2) is 9.36 Å². The Hall–Kier alpha value is -4.34. The molecule has 0 bridgehead atoms. The average molecular weight is 403 g/mol. The largest absolute Gasteiger partial charge is 0.497 e. The van der Waals surface area contributed by atoms with Crippen LogP contribution in [0.3, 0.4) is 0 Å². The first-order valence-electron chi connectivity index (χ1n) is 8.98. The van der Waals surface area contributed by atoms with Crippen molar-refractivity contribution in [2.24, 2.45) is 0 Å². The van der Waals surface area contributed by atoms with Gasteiger partial charge in [0.05, 0.1) is 18.5 Å². The minimum Gasteiger partial charge on any atom is -0.497 e. The molecule has 2 aromatic carbocycles. The maximum Gasteiger partial charge on any atom is 0.267 e. The lowest BCUT2D eigenvalue weighted by Gasteiger charge is -2.09. The van der Waals surface area contributed by atoms with Gasteiger partial charge in [0.2, 0.25) is 5.91 Å². The molecule has 0 aliphatic heterocycles. The van der Waals surface area contributed by atoms with Crippen molar-refractivity contribution >= 4 is 11.6 Å². The highest BCUT2D eigenvalue weighted by atomic mass is 16.5. The molecule has 150 valence electrons. The Morgan fingerprint density at radius 3 is 2.47 bits per heavy atom. The summed E-state index contributed by atoms with van der Waals surface area (Å²) in [6.07, 6.45) is 1.47. The van der Waals surface area contributed by atoms with Crippen LogP contribution in [0.4, 0.5) is 5.69 Å². The molecule has 0 unspecified atom stereocenters. The molecule has 0 spiro atoms. The molecular formula is C20H17N7O3. The summed E-state index contributed by atoms with van der Waals surface area (Å²) in [5, 5.41) is 18.0. The monoisotopic (exact) mass is 403 g/mol. The van der Waals surface area contributed by atoms with Gasteiger partial charge in [-0.3, -0.25) is 9.59 Å². The number of methoxy groups -OCH3 is 1. The first kappa shape index (κ1) is 19.0. The highest BCUT2D eigenvalue weighted by molar-refractivity contribution is 5.90. The second kappa shape index (κ2) is 8.35. The number of tetrazole rings is 1. The zero-order valence-electron chi connectivity index (χ0n) is 16.0. The molecule has 4 aromatic rings. The third-order valence-corrected chi connectivity index (χ3v) is 4.31. The molecule has 0 atom stereocenters. The van der Waals surface area contributed by atoms with E-state index in [1.54, 1.807) is 49.6 Å². The first-order chi connectivity index (χ1) is 14.6. The summed E-state index contributed by atoms with van der Waals surface area (Å²) < 4.78 is 7.77. The Morgan fingerprint density at radius 2 is 1.80 bits per heavy atom. The fraction of sp³-hybridized carbons (Fsp3) is 0.100. The Kier molecular flexibility index (Phi) is 5.29. The number of hydrogen-bond donors (Lipinski definition) is 1. The van der Waals surface area contributed by atoms with E-state index in [2.05, 4.69) is 25.9 Å². The summed E-state index contributed by atoms with van der Waals surface area (Å²) in [5.41, 5.74) is 2.36. The Morgan fingerprint density at radius 1 is 1.03 bits per heavy atom. The van der Waals surface area contributed by atoms with Gasteiger partial charge in [0, 0.05) is 17.3 Å². The number of carbonyl (C=O) groups excluding carboxylic acids is 1. The highest BCUT2D eigenvalue weighted by Gasteiger charge is 2.09. The van der Waals surface area contributed by atoms with E-state index in [0.29, 0.717) is 11.4 Å². The van der Waals surface area contributed by atoms with Gasteiger partial charge < -0.3 is 10.1 Å². The number of benzene rings is 2. The maximum atomic E-state index is 12.4. The van der Waals surface area contributed by atoms with Crippen LogP contribution < -0.4 is 15.6 Å². The topological polar surface area (TPSA) is 117 Å². The number of aromatic nitrogens is 6. The standard InChI is InChI=1S/C20H17N7O3/c1-30-17-8-2-14(3-9-17)18-10-11-20(29)26(23-18)12-19(28)22-15-4-6-16(7-5-15)27-13-21-24-25-27/h2-11,13H,12H2,1H3,(H,22,28). The number of amides is 1. The van der Waals surface area contributed by atoms with E-state index >= 15 is 0 Å². The SMILES string of the molecule is COc1ccc(-c2ccc(=O)n(CC(=O)Nc3ccc(-n4cnnn4)cc3)n2)cc1. The van der Waals surface area contributed by atoms with Crippen LogP contribution in [0.2, 0.25) is 0 Å². The molecule has 0 fully saturated rings. The number of ether oxygens (including phenoxy) is 1. The van der Waals surface area contributed by atoms with Crippen molar-refractivity contribution in [3.63, 3.8) is 0 Å². The number of hydrogen-bond acceptors (Lipinski definition) is 7. The summed E-state index contributed by atoms with van der Waals surface area (Å²) >= 11 is 0. The van der Waals surface area contributed by atoms with Crippen molar-refractivity contribution < 1.29 is 9.53 Å². The third-order valence-electron chi connectivity index (χ3n) is 4.31. The average Bonchev–Trinajstić information content (AvgIpc) is 3.31. The predicted molar refractivity (Wildman–Crippen MR) is 108 cm³/mol. The van der Waals surface area contributed by atoms with Crippen LogP contribution in [0, 0.1) is 0 Å². The van der Waals surface area contributed by atoms with Crippen LogP contribution in [0.5, 0.6) is 5.75 Å². The van der Waals surface area contributed by atoms with Crippen LogP contribution in [-0.2, 0) is 11.3 Å². The number of nitrogens with zero attached hydrogens (tertiary/aromatic N) is 6. The summed E-state index contributed by atoms with van der Waals surface area (Å²) in [7, 11) is 1.59. The lowest BCUT2D eigenvalue weighted by molar-refractivity contribution is -0.117. The summed E-state index contributed by atoms with van der Waals surface area (Å²) in [6, 6.07) is 17.3. The first-order valence-corrected chi connectivity index (χ1v) is 8.98. The fourth-order valence-electron chi connectivity index (χ4n) is 2.79. The van der Waals surface area contributed by atoms with Gasteiger partial charge in [0.25, 0.3) is 5.56 Å². The van der Waals surface area contributed by atoms with E-state index in [4.69, 9.17) is 4.74 Å². The Bertz CT molecular complexity index is 1200. The van der Waals surface area contributed by atoms with Crippen LogP contribution in [0.15, 0.2) is 71.8 Å². The number of anilines is 1. The van der Waals surface area contributed by atoms with E-state index in [1.165, 1.54) is 17.1 Å². The lowest BCUT2D eigenvalue weighted by Crippen LogP contribution is -2.29. The quantitative estimate of drug-likeness (QED) is 0.519. The summed E-state index contributed by atoms with van der Waals surface area (Å²) in [6.45, 7) is -0.211. The number of nitrogens with one attached hydrogen (secondary N) is 1. The van der Waals surface area contributed by atoms with Gasteiger partial charge >= 0.3 is 0 Å². The van der Waals surface area contributed by atoms with E-state index < -0.39 is 0 Å². The molecule has 0 saturated carbocycles. The number of carbonyl (C=O) groups is 1. The van der Waals surface area contributed by atoms with Crippen LogP contribution in [-0.4, -0.2) is 43.0 Å². The summed E-state index contributed by atoms with van der Waals surface area (Å²) in [4.78, 5) is 24.6. The van der Waals surface area contributed by atoms with Crippen molar-refractivity contribution in [2.75, 3.05) is 12.4 Å². The van der Waals surface area contributed by atoms with Crippen molar-refractivity contribution in [2.45, 2.75) is 6.54 Å². The van der Waals surface area contributed by atoms with Gasteiger partial charge in [0.1, 0.15) is 18.6 Å². The highest BCUT2D eigenvalue weighted by Crippen LogP contribution is 2.19. The second-order valence-corrected chi connectivity index (χ2v) is 6.29. The van der Waals surface area contributed by atoms with E-state index in [-0.39, 0.29) is 18.0 Å². The van der Waals surface area contributed by atoms with Crippen LogP contribution in [0.1, 0.15) is 0 Å².